The summed E-state index contributed by atoms with van der Waals surface area (Å²) < 4.78 is 17.7. The van der Waals surface area contributed by atoms with Gasteiger partial charge in [-0.2, -0.15) is 4.36 Å². The molecule has 3 nitrogen and oxygen atoms in total. The number of benzene rings is 2. The summed E-state index contributed by atoms with van der Waals surface area (Å²) >= 11 is 11.8. The van der Waals surface area contributed by atoms with E-state index in [2.05, 4.69) is 9.36 Å². The predicted molar refractivity (Wildman–Crippen MR) is 82.8 cm³/mol. The van der Waals surface area contributed by atoms with E-state index in [1.165, 1.54) is 0 Å². The van der Waals surface area contributed by atoms with Crippen molar-refractivity contribution in [3.8, 4) is 0 Å². The topological polar surface area (TPSA) is 41.8 Å². The number of alkyl halides is 1. The molecule has 0 spiro atoms. The molecule has 0 saturated heterocycles. The van der Waals surface area contributed by atoms with Crippen molar-refractivity contribution in [1.82, 2.24) is 0 Å². The summed E-state index contributed by atoms with van der Waals surface area (Å²) in [6.45, 7) is 0. The van der Waals surface area contributed by atoms with Crippen molar-refractivity contribution in [2.45, 2.75) is 9.79 Å². The van der Waals surface area contributed by atoms with Crippen molar-refractivity contribution in [3.05, 3.63) is 53.6 Å². The second-order valence-electron chi connectivity index (χ2n) is 4.20. The summed E-state index contributed by atoms with van der Waals surface area (Å²) in [7, 11) is -2.79. The van der Waals surface area contributed by atoms with Gasteiger partial charge < -0.3 is 0 Å². The minimum atomic E-state index is -2.79. The van der Waals surface area contributed by atoms with Gasteiger partial charge in [0.1, 0.15) is 9.73 Å². The molecule has 0 saturated carbocycles. The molecule has 1 aliphatic rings. The van der Waals surface area contributed by atoms with Crippen LogP contribution in [0.15, 0.2) is 67.7 Å². The average Bonchev–Trinajstić information content (AvgIpc) is 2.48. The highest BCUT2D eigenvalue weighted by molar-refractivity contribution is 7.94. The lowest BCUT2D eigenvalue weighted by Crippen LogP contribution is -2.11. The molecule has 2 aromatic rings. The Bertz CT molecular complexity index is 809. The van der Waals surface area contributed by atoms with Crippen LogP contribution in [0.5, 0.6) is 0 Å². The van der Waals surface area contributed by atoms with Crippen LogP contribution >= 0.6 is 23.2 Å². The van der Waals surface area contributed by atoms with E-state index in [1.54, 1.807) is 30.3 Å². The molecule has 0 amide bonds. The van der Waals surface area contributed by atoms with E-state index in [4.69, 9.17) is 23.2 Å². The van der Waals surface area contributed by atoms with Crippen molar-refractivity contribution in [2.24, 2.45) is 9.36 Å². The van der Waals surface area contributed by atoms with Gasteiger partial charge in [-0.1, -0.05) is 29.8 Å². The fourth-order valence-electron chi connectivity index (χ4n) is 2.00. The molecule has 20 heavy (non-hydrogen) atoms. The molecular weight excluding hydrogens is 315 g/mol. The fourth-order valence-corrected chi connectivity index (χ4v) is 4.49. The van der Waals surface area contributed by atoms with Gasteiger partial charge in [0.05, 0.1) is 21.4 Å². The first-order valence-electron chi connectivity index (χ1n) is 5.89. The van der Waals surface area contributed by atoms with Gasteiger partial charge in [-0.05, 0) is 30.3 Å². The average molecular weight is 325 g/mol. The molecule has 1 aliphatic heterocycles. The molecule has 0 aliphatic carbocycles. The normalized spacial score (nSPS) is 20.8. The summed E-state index contributed by atoms with van der Waals surface area (Å²) in [5, 5.41) is 0.507. The van der Waals surface area contributed by atoms with Crippen LogP contribution < -0.4 is 0 Å². The van der Waals surface area contributed by atoms with Crippen molar-refractivity contribution < 1.29 is 4.21 Å². The minimum absolute atomic E-state index is 0.117. The quantitative estimate of drug-likeness (QED) is 0.749. The zero-order valence-corrected chi connectivity index (χ0v) is 12.6. The molecule has 0 bridgehead atoms. The summed E-state index contributed by atoms with van der Waals surface area (Å²) in [4.78, 5) is 5.46. The first kappa shape index (κ1) is 13.6. The molecule has 0 N–H and O–H groups in total. The van der Waals surface area contributed by atoms with Crippen LogP contribution in [-0.4, -0.2) is 15.9 Å². The zero-order valence-electron chi connectivity index (χ0n) is 10.3. The number of halogens is 2. The number of nitrogens with zero attached hydrogens (tertiary/aromatic N) is 2. The van der Waals surface area contributed by atoms with E-state index in [9.17, 15) is 4.21 Å². The lowest BCUT2D eigenvalue weighted by Gasteiger charge is -2.17. The molecule has 1 heterocycles. The fraction of sp³-hybridized carbons (Fsp3) is 0.0714. The van der Waals surface area contributed by atoms with Gasteiger partial charge in [-0.25, -0.2) is 9.20 Å². The maximum atomic E-state index is 13.4. The lowest BCUT2D eigenvalue weighted by molar-refractivity contribution is 0.676. The monoisotopic (exact) mass is 324 g/mol. The van der Waals surface area contributed by atoms with Crippen LogP contribution in [0.25, 0.3) is 0 Å². The largest absolute Gasteiger partial charge is 0.239 e. The highest BCUT2D eigenvalue weighted by Crippen LogP contribution is 2.36. The highest BCUT2D eigenvalue weighted by Gasteiger charge is 2.24. The van der Waals surface area contributed by atoms with Gasteiger partial charge in [0.25, 0.3) is 0 Å². The zero-order chi connectivity index (χ0) is 14.2. The Hall–Kier alpha value is -1.36. The number of amidine groups is 1. The standard InChI is InChI=1S/C14H10Cl2N2OS/c15-9-14-17-12-7-6-10(16)8-13(12)20(19,18-14)11-4-2-1-3-5-11/h1-8H,9H2. The van der Waals surface area contributed by atoms with Gasteiger partial charge in [-0.15, -0.1) is 11.6 Å². The van der Waals surface area contributed by atoms with Gasteiger partial charge >= 0.3 is 0 Å². The van der Waals surface area contributed by atoms with Gasteiger partial charge in [-0.3, -0.25) is 0 Å². The Balaban J connectivity index is 2.36. The Kier molecular flexibility index (Phi) is 3.54. The Morgan fingerprint density at radius 1 is 1.10 bits per heavy atom. The molecule has 0 radical (unpaired) electrons. The van der Waals surface area contributed by atoms with Gasteiger partial charge in [0.2, 0.25) is 0 Å². The maximum Gasteiger partial charge on any atom is 0.154 e. The first-order valence-corrected chi connectivity index (χ1v) is 8.31. The van der Waals surface area contributed by atoms with E-state index >= 15 is 0 Å². The van der Waals surface area contributed by atoms with E-state index in [0.29, 0.717) is 26.3 Å². The van der Waals surface area contributed by atoms with E-state index in [1.807, 2.05) is 18.2 Å². The van der Waals surface area contributed by atoms with Crippen LogP contribution in [0.4, 0.5) is 5.69 Å². The second kappa shape index (κ2) is 5.20. The number of hydrogen-bond donors (Lipinski definition) is 0. The summed E-state index contributed by atoms with van der Waals surface area (Å²) in [6.07, 6.45) is 0. The Labute approximate surface area is 127 Å². The van der Waals surface area contributed by atoms with Crippen LogP contribution in [-0.2, 0) is 9.73 Å². The van der Waals surface area contributed by atoms with Crippen LogP contribution in [0, 0.1) is 0 Å². The first-order chi connectivity index (χ1) is 9.63. The molecule has 0 aromatic heterocycles. The third kappa shape index (κ3) is 2.24. The third-order valence-electron chi connectivity index (χ3n) is 2.89. The molecule has 2 aromatic carbocycles. The summed E-state index contributed by atoms with van der Waals surface area (Å²) in [5.41, 5.74) is 0.605. The molecule has 3 rings (SSSR count). The molecule has 6 heteroatoms. The van der Waals surface area contributed by atoms with E-state index in [0.717, 1.165) is 0 Å². The predicted octanol–water partition coefficient (Wildman–Crippen LogP) is 4.51. The third-order valence-corrected chi connectivity index (χ3v) is 5.66. The van der Waals surface area contributed by atoms with Crippen molar-refractivity contribution in [2.75, 3.05) is 5.88 Å². The minimum Gasteiger partial charge on any atom is -0.239 e. The number of fused-ring (bicyclic) bond motifs is 1. The summed E-state index contributed by atoms with van der Waals surface area (Å²) in [6, 6.07) is 14.2. The highest BCUT2D eigenvalue weighted by atomic mass is 35.5. The second-order valence-corrected chi connectivity index (χ2v) is 7.05. The van der Waals surface area contributed by atoms with Gasteiger partial charge in [0.15, 0.2) is 5.84 Å². The smallest absolute Gasteiger partial charge is 0.154 e. The number of aliphatic imine (C=N–C) groups is 1. The lowest BCUT2D eigenvalue weighted by atomic mass is 10.3. The van der Waals surface area contributed by atoms with Crippen LogP contribution in [0.1, 0.15) is 0 Å². The van der Waals surface area contributed by atoms with Crippen molar-refractivity contribution in [3.63, 3.8) is 0 Å². The Morgan fingerprint density at radius 3 is 2.55 bits per heavy atom. The maximum absolute atomic E-state index is 13.4. The molecule has 1 unspecified atom stereocenters. The van der Waals surface area contributed by atoms with Gasteiger partial charge in [0, 0.05) is 5.02 Å². The SMILES string of the molecule is O=S1(c2ccccc2)=NC(CCl)=Nc2ccc(Cl)cc21. The number of hydrogen-bond acceptors (Lipinski definition) is 3. The van der Waals surface area contributed by atoms with E-state index in [-0.39, 0.29) is 5.88 Å². The van der Waals surface area contributed by atoms with E-state index < -0.39 is 9.73 Å². The summed E-state index contributed by atoms with van der Waals surface area (Å²) in [5.74, 6) is 0.488. The van der Waals surface area contributed by atoms with Crippen LogP contribution in [0.3, 0.4) is 0 Å². The molecule has 102 valence electrons. The molecule has 0 fully saturated rings. The Morgan fingerprint density at radius 2 is 1.85 bits per heavy atom. The molecular formula is C14H10Cl2N2OS. The molecule has 1 atom stereocenters. The van der Waals surface area contributed by atoms with Crippen LogP contribution in [0.2, 0.25) is 5.02 Å². The number of rotatable bonds is 2. The van der Waals surface area contributed by atoms with Crippen molar-refractivity contribution in [1.29, 1.82) is 0 Å². The van der Waals surface area contributed by atoms with Crippen molar-refractivity contribution >= 4 is 44.5 Å².